The Morgan fingerprint density at radius 3 is 2.06 bits per heavy atom. The number of hydrogen-bond donors (Lipinski definition) is 0. The number of carbonyl (C=O) groups excluding carboxylic acids is 1. The fraction of sp³-hybridized carbons (Fsp3) is 0.0385. The van der Waals surface area contributed by atoms with E-state index in [0.717, 1.165) is 5.56 Å². The normalized spacial score (nSPS) is 12.3. The summed E-state index contributed by atoms with van der Waals surface area (Å²) in [5, 5.41) is 0.466. The monoisotopic (exact) mass is 479 g/mol. The van der Waals surface area contributed by atoms with Crippen LogP contribution in [-0.2, 0) is 9.84 Å². The van der Waals surface area contributed by atoms with Gasteiger partial charge >= 0.3 is 0 Å². The highest BCUT2D eigenvalue weighted by atomic mass is 35.5. The molecule has 0 fully saturated rings. The largest absolute Gasteiger partial charge is 0.293 e. The molecule has 0 aliphatic heterocycles. The molecule has 4 rings (SSSR count). The second-order valence-electron chi connectivity index (χ2n) is 7.11. The summed E-state index contributed by atoms with van der Waals surface area (Å²) in [5.74, 6) is -1.10. The Kier molecular flexibility index (Phi) is 6.47. The molecule has 0 aliphatic rings. The minimum absolute atomic E-state index is 0.0458. The molecule has 0 heterocycles. The number of ketones is 1. The second-order valence-corrected chi connectivity index (χ2v) is 9.81. The Balaban J connectivity index is 1.90. The van der Waals surface area contributed by atoms with Gasteiger partial charge in [-0.25, -0.2) is 8.42 Å². The quantitative estimate of drug-likeness (QED) is 0.291. The predicted molar refractivity (Wildman–Crippen MR) is 126 cm³/mol. The van der Waals surface area contributed by atoms with E-state index in [1.54, 1.807) is 42.5 Å². The fourth-order valence-electron chi connectivity index (χ4n) is 3.62. The summed E-state index contributed by atoms with van der Waals surface area (Å²) in [7, 11) is -4.04. The zero-order valence-electron chi connectivity index (χ0n) is 16.7. The van der Waals surface area contributed by atoms with Crippen LogP contribution in [0.4, 0.5) is 0 Å². The number of halogens is 2. The Bertz CT molecular complexity index is 1380. The smallest absolute Gasteiger partial charge is 0.208 e. The van der Waals surface area contributed by atoms with E-state index < -0.39 is 15.8 Å². The van der Waals surface area contributed by atoms with Crippen LogP contribution in [-0.4, -0.2) is 14.2 Å². The predicted octanol–water partition coefficient (Wildman–Crippen LogP) is 6.64. The van der Waals surface area contributed by atoms with E-state index in [1.165, 1.54) is 24.3 Å². The van der Waals surface area contributed by atoms with Crippen LogP contribution < -0.4 is 0 Å². The molecule has 0 N–H and O–H groups in total. The van der Waals surface area contributed by atoms with Crippen LogP contribution in [0.25, 0.3) is 0 Å². The topological polar surface area (TPSA) is 51.2 Å². The van der Waals surface area contributed by atoms with Crippen molar-refractivity contribution in [3.05, 3.63) is 130 Å². The molecule has 1 radical (unpaired) electrons. The van der Waals surface area contributed by atoms with Crippen LogP contribution in [0.3, 0.4) is 0 Å². The maximum absolute atomic E-state index is 13.9. The van der Waals surface area contributed by atoms with E-state index in [2.05, 4.69) is 6.07 Å². The molecule has 1 unspecified atom stereocenters. The summed E-state index contributed by atoms with van der Waals surface area (Å²) in [6.45, 7) is 0. The molecular weight excluding hydrogens is 463 g/mol. The standard InChI is InChI=1S/C26H17Cl2O3S/c27-20-12-8-11-19(17-20)25(18-9-2-1-3-10-18)26(29)21-13-4-6-15-23(21)32(30,31)24-16-7-5-14-22(24)28/h1-11,13-17,25H. The molecule has 0 aliphatic carbocycles. The zero-order chi connectivity index (χ0) is 22.7. The van der Waals surface area contributed by atoms with Gasteiger partial charge in [-0.2, -0.15) is 0 Å². The first-order valence-corrected chi connectivity index (χ1v) is 12.0. The van der Waals surface area contributed by atoms with Crippen molar-refractivity contribution in [1.82, 2.24) is 0 Å². The highest BCUT2D eigenvalue weighted by molar-refractivity contribution is 7.91. The summed E-state index contributed by atoms with van der Waals surface area (Å²) in [5.41, 5.74) is 1.46. The second kappa shape index (κ2) is 9.29. The molecule has 0 saturated carbocycles. The molecule has 0 aromatic heterocycles. The minimum Gasteiger partial charge on any atom is -0.293 e. The van der Waals surface area contributed by atoms with Crippen molar-refractivity contribution in [3.63, 3.8) is 0 Å². The van der Waals surface area contributed by atoms with E-state index in [-0.39, 0.29) is 26.2 Å². The van der Waals surface area contributed by atoms with Crippen LogP contribution in [0.15, 0.2) is 107 Å². The van der Waals surface area contributed by atoms with Crippen LogP contribution in [0.1, 0.15) is 27.4 Å². The summed E-state index contributed by atoms with van der Waals surface area (Å²) in [6, 6.07) is 29.5. The SMILES string of the molecule is O=C(c1ccccc1S(=O)(=O)c1ccccc1Cl)C(c1ccccc1)c1cc[c]c(Cl)c1. The van der Waals surface area contributed by atoms with Crippen LogP contribution in [0.5, 0.6) is 0 Å². The van der Waals surface area contributed by atoms with Crippen LogP contribution in [0, 0.1) is 6.07 Å². The Labute approximate surface area is 197 Å². The lowest BCUT2D eigenvalue weighted by atomic mass is 9.85. The highest BCUT2D eigenvalue weighted by Crippen LogP contribution is 2.35. The van der Waals surface area contributed by atoms with Gasteiger partial charge < -0.3 is 0 Å². The first-order chi connectivity index (χ1) is 15.4. The average molecular weight is 480 g/mol. The van der Waals surface area contributed by atoms with Gasteiger partial charge in [0.05, 0.1) is 20.7 Å². The van der Waals surface area contributed by atoms with E-state index in [0.29, 0.717) is 10.6 Å². The lowest BCUT2D eigenvalue weighted by Crippen LogP contribution is -2.18. The fourth-order valence-corrected chi connectivity index (χ4v) is 5.78. The minimum atomic E-state index is -4.04. The summed E-state index contributed by atoms with van der Waals surface area (Å²) in [6.07, 6.45) is 0. The van der Waals surface area contributed by atoms with Gasteiger partial charge in [-0.15, -0.1) is 0 Å². The van der Waals surface area contributed by atoms with E-state index in [9.17, 15) is 13.2 Å². The lowest BCUT2D eigenvalue weighted by molar-refractivity contribution is 0.0970. The van der Waals surface area contributed by atoms with Gasteiger partial charge in [0.15, 0.2) is 5.78 Å². The van der Waals surface area contributed by atoms with Gasteiger partial charge in [-0.1, -0.05) is 96.0 Å². The Morgan fingerprint density at radius 2 is 1.38 bits per heavy atom. The third-order valence-corrected chi connectivity index (χ3v) is 7.62. The molecule has 4 aromatic rings. The van der Waals surface area contributed by atoms with Crippen molar-refractivity contribution in [2.45, 2.75) is 15.7 Å². The molecule has 0 saturated heterocycles. The number of sulfone groups is 1. The number of hydrogen-bond acceptors (Lipinski definition) is 3. The maximum Gasteiger partial charge on any atom is 0.208 e. The third kappa shape index (κ3) is 4.35. The van der Waals surface area contributed by atoms with Crippen molar-refractivity contribution >= 4 is 38.8 Å². The van der Waals surface area contributed by atoms with Crippen molar-refractivity contribution in [2.24, 2.45) is 0 Å². The molecule has 6 heteroatoms. The number of carbonyl (C=O) groups is 1. The average Bonchev–Trinajstić information content (AvgIpc) is 2.80. The maximum atomic E-state index is 13.9. The van der Waals surface area contributed by atoms with Gasteiger partial charge in [0.1, 0.15) is 0 Å². The van der Waals surface area contributed by atoms with Crippen LogP contribution in [0.2, 0.25) is 10.0 Å². The first kappa shape index (κ1) is 22.3. The molecule has 159 valence electrons. The molecular formula is C26H17Cl2O3S. The Hall–Kier alpha value is -2.92. The van der Waals surface area contributed by atoms with Crippen molar-refractivity contribution in [1.29, 1.82) is 0 Å². The number of rotatable bonds is 6. The summed E-state index contributed by atoms with van der Waals surface area (Å²) in [4.78, 5) is 13.8. The van der Waals surface area contributed by atoms with Crippen molar-refractivity contribution in [3.8, 4) is 0 Å². The zero-order valence-corrected chi connectivity index (χ0v) is 19.0. The van der Waals surface area contributed by atoms with Gasteiger partial charge in [0.2, 0.25) is 9.84 Å². The van der Waals surface area contributed by atoms with Gasteiger partial charge in [0.25, 0.3) is 0 Å². The number of benzene rings is 4. The Morgan fingerprint density at radius 1 is 0.750 bits per heavy atom. The van der Waals surface area contributed by atoms with Gasteiger partial charge in [-0.05, 0) is 35.4 Å². The summed E-state index contributed by atoms with van der Waals surface area (Å²) < 4.78 is 26.9. The number of Topliss-reactive ketones (excluding diaryl/α,β-unsaturated/α-hetero) is 1. The van der Waals surface area contributed by atoms with Crippen molar-refractivity contribution < 1.29 is 13.2 Å². The van der Waals surface area contributed by atoms with E-state index >= 15 is 0 Å². The third-order valence-electron chi connectivity index (χ3n) is 5.09. The molecule has 3 nitrogen and oxygen atoms in total. The van der Waals surface area contributed by atoms with E-state index in [1.807, 2.05) is 30.3 Å². The molecule has 4 aromatic carbocycles. The summed E-state index contributed by atoms with van der Waals surface area (Å²) >= 11 is 12.3. The lowest BCUT2D eigenvalue weighted by Gasteiger charge is -2.19. The molecule has 32 heavy (non-hydrogen) atoms. The molecule has 0 spiro atoms. The molecule has 1 atom stereocenters. The van der Waals surface area contributed by atoms with Crippen LogP contribution >= 0.6 is 23.2 Å². The van der Waals surface area contributed by atoms with E-state index in [4.69, 9.17) is 23.2 Å². The van der Waals surface area contributed by atoms with Gasteiger partial charge in [-0.3, -0.25) is 4.79 Å². The van der Waals surface area contributed by atoms with Crippen molar-refractivity contribution in [2.75, 3.05) is 0 Å². The first-order valence-electron chi connectivity index (χ1n) is 9.74. The highest BCUT2D eigenvalue weighted by Gasteiger charge is 2.31. The molecule has 0 amide bonds. The van der Waals surface area contributed by atoms with Gasteiger partial charge in [0, 0.05) is 16.7 Å². The molecule has 0 bridgehead atoms.